The van der Waals surface area contributed by atoms with Crippen LogP contribution in [0, 0.1) is 12.7 Å². The molecule has 7 heteroatoms. The first-order chi connectivity index (χ1) is 10.0. The summed E-state index contributed by atoms with van der Waals surface area (Å²) < 4.78 is 13.7. The molecule has 1 aromatic carbocycles. The highest BCUT2D eigenvalue weighted by molar-refractivity contribution is 5.92. The molecule has 0 spiro atoms. The van der Waals surface area contributed by atoms with E-state index in [1.165, 1.54) is 17.0 Å². The van der Waals surface area contributed by atoms with E-state index in [0.29, 0.717) is 0 Å². The van der Waals surface area contributed by atoms with Gasteiger partial charge in [0, 0.05) is 30.4 Å². The lowest BCUT2D eigenvalue weighted by Gasteiger charge is -2.21. The summed E-state index contributed by atoms with van der Waals surface area (Å²) in [5.41, 5.74) is 1.19. The maximum Gasteiger partial charge on any atom is 0.274 e. The number of hydrogen-bond donors (Lipinski definition) is 3. The first-order valence-corrected chi connectivity index (χ1v) is 6.41. The van der Waals surface area contributed by atoms with Crippen LogP contribution in [0.1, 0.15) is 21.7 Å². The Morgan fingerprint density at radius 1 is 1.43 bits per heavy atom. The predicted octanol–water partition coefficient (Wildman–Crippen LogP) is 1.20. The lowest BCUT2D eigenvalue weighted by Crippen LogP contribution is -2.33. The van der Waals surface area contributed by atoms with Crippen LogP contribution in [-0.2, 0) is 6.54 Å². The van der Waals surface area contributed by atoms with Gasteiger partial charge in [-0.25, -0.2) is 4.39 Å². The fraction of sp³-hybridized carbons (Fsp3) is 0.286. The molecular formula is C14H16FN3O3. The van der Waals surface area contributed by atoms with Crippen LogP contribution >= 0.6 is 0 Å². The largest absolute Gasteiger partial charge is 0.508 e. The number of aromatic nitrogens is 2. The third-order valence-electron chi connectivity index (χ3n) is 2.98. The number of hydrogen-bond acceptors (Lipinski definition) is 4. The predicted molar refractivity (Wildman–Crippen MR) is 73.2 cm³/mol. The average Bonchev–Trinajstić information content (AvgIpc) is 2.87. The summed E-state index contributed by atoms with van der Waals surface area (Å²) in [6.07, 6.45) is 0. The Morgan fingerprint density at radius 3 is 2.76 bits per heavy atom. The van der Waals surface area contributed by atoms with Gasteiger partial charge in [-0.15, -0.1) is 0 Å². The van der Waals surface area contributed by atoms with Crippen LogP contribution in [0.5, 0.6) is 5.75 Å². The first-order valence-electron chi connectivity index (χ1n) is 6.41. The molecule has 0 saturated heterocycles. The number of carbonyl (C=O) groups is 1. The monoisotopic (exact) mass is 293 g/mol. The number of rotatable bonds is 5. The van der Waals surface area contributed by atoms with Crippen molar-refractivity contribution in [1.82, 2.24) is 15.1 Å². The van der Waals surface area contributed by atoms with Crippen molar-refractivity contribution in [3.8, 4) is 5.75 Å². The molecule has 3 N–H and O–H groups in total. The SMILES string of the molecule is Cc1cc(C(=O)N(CCO)Cc2ccc(O)cc2F)n[nH]1. The molecule has 0 aliphatic rings. The molecule has 0 bridgehead atoms. The molecule has 6 nitrogen and oxygen atoms in total. The fourth-order valence-electron chi connectivity index (χ4n) is 1.93. The van der Waals surface area contributed by atoms with E-state index >= 15 is 0 Å². The minimum Gasteiger partial charge on any atom is -0.508 e. The van der Waals surface area contributed by atoms with Crippen LogP contribution in [0.15, 0.2) is 24.3 Å². The van der Waals surface area contributed by atoms with Gasteiger partial charge in [0.05, 0.1) is 6.61 Å². The van der Waals surface area contributed by atoms with Gasteiger partial charge in [0.25, 0.3) is 5.91 Å². The molecule has 0 aliphatic carbocycles. The number of phenolic OH excluding ortho intramolecular Hbond substituents is 1. The smallest absolute Gasteiger partial charge is 0.274 e. The van der Waals surface area contributed by atoms with Gasteiger partial charge in [-0.05, 0) is 19.1 Å². The molecular weight excluding hydrogens is 277 g/mol. The van der Waals surface area contributed by atoms with Crippen LogP contribution in [0.4, 0.5) is 4.39 Å². The van der Waals surface area contributed by atoms with Crippen molar-refractivity contribution in [2.24, 2.45) is 0 Å². The summed E-state index contributed by atoms with van der Waals surface area (Å²) in [7, 11) is 0. The Balaban J connectivity index is 2.20. The minimum absolute atomic E-state index is 0.0165. The lowest BCUT2D eigenvalue weighted by atomic mass is 10.2. The first kappa shape index (κ1) is 15.0. The Bertz CT molecular complexity index is 642. The van der Waals surface area contributed by atoms with E-state index in [2.05, 4.69) is 10.2 Å². The number of amides is 1. The van der Waals surface area contributed by atoms with E-state index in [-0.39, 0.29) is 36.7 Å². The normalized spacial score (nSPS) is 10.6. The van der Waals surface area contributed by atoms with Gasteiger partial charge >= 0.3 is 0 Å². The Morgan fingerprint density at radius 2 is 2.19 bits per heavy atom. The number of nitrogens with one attached hydrogen (secondary N) is 1. The number of halogens is 1. The van der Waals surface area contributed by atoms with Crippen molar-refractivity contribution in [3.63, 3.8) is 0 Å². The number of aliphatic hydroxyl groups excluding tert-OH is 1. The third kappa shape index (κ3) is 3.57. The van der Waals surface area contributed by atoms with Crippen LogP contribution in [0.3, 0.4) is 0 Å². The molecule has 21 heavy (non-hydrogen) atoms. The molecule has 112 valence electrons. The van der Waals surface area contributed by atoms with E-state index in [1.807, 2.05) is 0 Å². The van der Waals surface area contributed by atoms with Crippen LogP contribution in [0.2, 0.25) is 0 Å². The summed E-state index contributed by atoms with van der Waals surface area (Å²) >= 11 is 0. The summed E-state index contributed by atoms with van der Waals surface area (Å²) in [5.74, 6) is -1.19. The van der Waals surface area contributed by atoms with Crippen molar-refractivity contribution in [1.29, 1.82) is 0 Å². The Hall–Kier alpha value is -2.41. The molecule has 1 aromatic heterocycles. The molecule has 2 aromatic rings. The van der Waals surface area contributed by atoms with Gasteiger partial charge < -0.3 is 15.1 Å². The maximum atomic E-state index is 13.7. The Kier molecular flexibility index (Phi) is 4.54. The number of phenols is 1. The standard InChI is InChI=1S/C14H16FN3O3/c1-9-6-13(17-16-9)14(21)18(4-5-19)8-10-2-3-11(20)7-12(10)15/h2-3,6-7,19-20H,4-5,8H2,1H3,(H,16,17). The third-order valence-corrected chi connectivity index (χ3v) is 2.98. The number of carbonyl (C=O) groups excluding carboxylic acids is 1. The fourth-order valence-corrected chi connectivity index (χ4v) is 1.93. The number of H-pyrrole nitrogens is 1. The summed E-state index contributed by atoms with van der Waals surface area (Å²) in [6, 6.07) is 5.31. The zero-order valence-electron chi connectivity index (χ0n) is 11.5. The number of benzene rings is 1. The second-order valence-electron chi connectivity index (χ2n) is 4.66. The van der Waals surface area contributed by atoms with Crippen LogP contribution in [-0.4, -0.2) is 44.4 Å². The van der Waals surface area contributed by atoms with Crippen molar-refractivity contribution >= 4 is 5.91 Å². The van der Waals surface area contributed by atoms with Crippen molar-refractivity contribution in [2.45, 2.75) is 13.5 Å². The number of aryl methyl sites for hydroxylation is 1. The van der Waals surface area contributed by atoms with Crippen molar-refractivity contribution in [3.05, 3.63) is 47.0 Å². The van der Waals surface area contributed by atoms with Crippen molar-refractivity contribution < 1.29 is 19.4 Å². The highest BCUT2D eigenvalue weighted by atomic mass is 19.1. The topological polar surface area (TPSA) is 89.5 Å². The van der Waals surface area contributed by atoms with E-state index in [4.69, 9.17) is 5.11 Å². The highest BCUT2D eigenvalue weighted by Gasteiger charge is 2.19. The van der Waals surface area contributed by atoms with Gasteiger partial charge in [-0.2, -0.15) is 5.10 Å². The minimum atomic E-state index is -0.607. The molecule has 0 aliphatic heterocycles. The van der Waals surface area contributed by atoms with Gasteiger partial charge in [-0.3, -0.25) is 9.89 Å². The number of aliphatic hydroxyl groups is 1. The average molecular weight is 293 g/mol. The Labute approximate surface area is 120 Å². The van der Waals surface area contributed by atoms with E-state index in [1.54, 1.807) is 13.0 Å². The van der Waals surface area contributed by atoms with Crippen molar-refractivity contribution in [2.75, 3.05) is 13.2 Å². The molecule has 0 unspecified atom stereocenters. The second-order valence-corrected chi connectivity index (χ2v) is 4.66. The van der Waals surface area contributed by atoms with E-state index < -0.39 is 11.7 Å². The zero-order valence-corrected chi connectivity index (χ0v) is 11.5. The molecule has 0 saturated carbocycles. The summed E-state index contributed by atoms with van der Waals surface area (Å²) in [5, 5.41) is 24.8. The molecule has 1 amide bonds. The van der Waals surface area contributed by atoms with E-state index in [9.17, 15) is 14.3 Å². The molecule has 2 rings (SSSR count). The van der Waals surface area contributed by atoms with Gasteiger partial charge in [0.15, 0.2) is 0 Å². The number of aromatic hydroxyl groups is 1. The summed E-state index contributed by atoms with van der Waals surface area (Å²) in [4.78, 5) is 13.6. The molecule has 0 radical (unpaired) electrons. The van der Waals surface area contributed by atoms with Gasteiger partial charge in [0.1, 0.15) is 17.3 Å². The quantitative estimate of drug-likeness (QED) is 0.772. The highest BCUT2D eigenvalue weighted by Crippen LogP contribution is 2.17. The second kappa shape index (κ2) is 6.36. The molecule has 0 fully saturated rings. The molecule has 1 heterocycles. The van der Waals surface area contributed by atoms with Crippen LogP contribution < -0.4 is 0 Å². The van der Waals surface area contributed by atoms with Gasteiger partial charge in [0.2, 0.25) is 0 Å². The van der Waals surface area contributed by atoms with Crippen LogP contribution in [0.25, 0.3) is 0 Å². The summed E-state index contributed by atoms with van der Waals surface area (Å²) in [6.45, 7) is 1.57. The number of aromatic amines is 1. The lowest BCUT2D eigenvalue weighted by molar-refractivity contribution is 0.0700. The maximum absolute atomic E-state index is 13.7. The molecule has 0 atom stereocenters. The number of nitrogens with zero attached hydrogens (tertiary/aromatic N) is 2. The zero-order chi connectivity index (χ0) is 15.4. The van der Waals surface area contributed by atoms with Gasteiger partial charge in [-0.1, -0.05) is 6.07 Å². The van der Waals surface area contributed by atoms with E-state index in [0.717, 1.165) is 11.8 Å².